The van der Waals surface area contributed by atoms with Crippen molar-refractivity contribution in [1.82, 2.24) is 0 Å². The lowest BCUT2D eigenvalue weighted by atomic mass is 9.99. The smallest absolute Gasteiger partial charge is 0.145 e. The molecule has 1 fully saturated rings. The monoisotopic (exact) mass is 375 g/mol. The van der Waals surface area contributed by atoms with Crippen LogP contribution in [0.25, 0.3) is 0 Å². The Morgan fingerprint density at radius 1 is 1.12 bits per heavy atom. The summed E-state index contributed by atoms with van der Waals surface area (Å²) in [5.74, 6) is 1.58. The molecule has 1 saturated carbocycles. The number of nitrogens with zero attached hydrogens (tertiary/aromatic N) is 1. The third-order valence-electron chi connectivity index (χ3n) is 4.84. The lowest BCUT2D eigenvalue weighted by Gasteiger charge is -2.07. The van der Waals surface area contributed by atoms with Crippen LogP contribution in [0.2, 0.25) is 10.0 Å². The Kier molecular flexibility index (Phi) is 5.71. The van der Waals surface area contributed by atoms with Gasteiger partial charge >= 0.3 is 0 Å². The molecular weight excluding hydrogens is 353 g/mol. The summed E-state index contributed by atoms with van der Waals surface area (Å²) in [6.07, 6.45) is 1.13. The average Bonchev–Trinajstić information content (AvgIpc) is 3.38. The molecule has 2 aromatic rings. The van der Waals surface area contributed by atoms with Crippen molar-refractivity contribution < 1.29 is 4.84 Å². The van der Waals surface area contributed by atoms with Crippen LogP contribution in [-0.2, 0) is 11.4 Å². The second-order valence-corrected chi connectivity index (χ2v) is 7.79. The summed E-state index contributed by atoms with van der Waals surface area (Å²) < 4.78 is 0. The zero-order valence-electron chi connectivity index (χ0n) is 14.8. The second kappa shape index (κ2) is 7.80. The predicted octanol–water partition coefficient (Wildman–Crippen LogP) is 6.81. The first kappa shape index (κ1) is 18.3. The molecule has 2 nitrogen and oxygen atoms in total. The van der Waals surface area contributed by atoms with Crippen molar-refractivity contribution in [3.05, 3.63) is 69.2 Å². The Labute approximate surface area is 159 Å². The van der Waals surface area contributed by atoms with E-state index in [0.29, 0.717) is 27.8 Å². The number of halogens is 2. The molecule has 0 saturated heterocycles. The highest BCUT2D eigenvalue weighted by molar-refractivity contribution is 6.35. The Bertz CT molecular complexity index is 748. The normalized spacial score (nSPS) is 20.0. The van der Waals surface area contributed by atoms with Crippen LogP contribution in [0.3, 0.4) is 0 Å². The number of hydrogen-bond donors (Lipinski definition) is 0. The maximum Gasteiger partial charge on any atom is 0.145 e. The lowest BCUT2D eigenvalue weighted by Crippen LogP contribution is -1.99. The summed E-state index contributed by atoms with van der Waals surface area (Å²) in [5, 5.41) is 5.50. The molecule has 3 rings (SSSR count). The molecule has 0 radical (unpaired) electrons. The van der Waals surface area contributed by atoms with Gasteiger partial charge in [-0.1, -0.05) is 72.5 Å². The first-order chi connectivity index (χ1) is 12.0. The SMILES string of the molecule is C/C(=N/OCc1c(Cl)cccc1Cl)[C@@H]1C[C@H]1c1ccc(C(C)C)cc1. The Hall–Kier alpha value is -1.51. The number of hydrogen-bond acceptors (Lipinski definition) is 2. The molecule has 0 aliphatic heterocycles. The van der Waals surface area contributed by atoms with Gasteiger partial charge in [0.15, 0.2) is 0 Å². The van der Waals surface area contributed by atoms with Gasteiger partial charge in [0, 0.05) is 21.5 Å². The van der Waals surface area contributed by atoms with E-state index in [9.17, 15) is 0 Å². The zero-order chi connectivity index (χ0) is 18.0. The molecule has 25 heavy (non-hydrogen) atoms. The van der Waals surface area contributed by atoms with Crippen LogP contribution < -0.4 is 0 Å². The first-order valence-corrected chi connectivity index (χ1v) is 9.42. The third-order valence-corrected chi connectivity index (χ3v) is 5.55. The Morgan fingerprint density at radius 3 is 2.36 bits per heavy atom. The van der Waals surface area contributed by atoms with E-state index in [1.54, 1.807) is 12.1 Å². The van der Waals surface area contributed by atoms with Gasteiger partial charge in [-0.15, -0.1) is 0 Å². The van der Waals surface area contributed by atoms with Crippen LogP contribution in [0.1, 0.15) is 55.7 Å². The summed E-state index contributed by atoms with van der Waals surface area (Å²) in [7, 11) is 0. The fourth-order valence-corrected chi connectivity index (χ4v) is 3.60. The molecule has 0 heterocycles. The maximum absolute atomic E-state index is 6.14. The molecule has 1 aliphatic rings. The molecule has 0 N–H and O–H groups in total. The van der Waals surface area contributed by atoms with Crippen molar-refractivity contribution in [1.29, 1.82) is 0 Å². The summed E-state index contributed by atoms with van der Waals surface area (Å²) in [6, 6.07) is 14.4. The number of rotatable bonds is 6. The van der Waals surface area contributed by atoms with Gasteiger partial charge < -0.3 is 4.84 Å². The minimum atomic E-state index is 0.288. The van der Waals surface area contributed by atoms with Crippen molar-refractivity contribution in [2.24, 2.45) is 11.1 Å². The van der Waals surface area contributed by atoms with E-state index < -0.39 is 0 Å². The Morgan fingerprint density at radius 2 is 1.76 bits per heavy atom. The molecular formula is C21H23Cl2NO. The van der Waals surface area contributed by atoms with E-state index in [1.807, 2.05) is 13.0 Å². The van der Waals surface area contributed by atoms with Crippen molar-refractivity contribution in [2.45, 2.75) is 45.6 Å². The average molecular weight is 376 g/mol. The largest absolute Gasteiger partial charge is 0.391 e. The molecule has 0 amide bonds. The summed E-state index contributed by atoms with van der Waals surface area (Å²) in [5.41, 5.74) is 4.57. The van der Waals surface area contributed by atoms with E-state index in [-0.39, 0.29) is 6.61 Å². The third kappa shape index (κ3) is 4.37. The van der Waals surface area contributed by atoms with Gasteiger partial charge in [0.1, 0.15) is 6.61 Å². The molecule has 1 aliphatic carbocycles. The van der Waals surface area contributed by atoms with Crippen LogP contribution in [0.4, 0.5) is 0 Å². The maximum atomic E-state index is 6.14. The Balaban J connectivity index is 1.57. The highest BCUT2D eigenvalue weighted by Crippen LogP contribution is 2.48. The van der Waals surface area contributed by atoms with Gasteiger partial charge in [-0.05, 0) is 48.4 Å². The molecule has 0 bridgehead atoms. The molecule has 2 aromatic carbocycles. The molecule has 132 valence electrons. The molecule has 2 atom stereocenters. The lowest BCUT2D eigenvalue weighted by molar-refractivity contribution is 0.129. The fraction of sp³-hybridized carbons (Fsp3) is 0.381. The second-order valence-electron chi connectivity index (χ2n) is 6.98. The summed E-state index contributed by atoms with van der Waals surface area (Å²) >= 11 is 12.3. The molecule has 4 heteroatoms. The first-order valence-electron chi connectivity index (χ1n) is 8.66. The van der Waals surface area contributed by atoms with E-state index in [0.717, 1.165) is 17.7 Å². The molecule has 0 unspecified atom stereocenters. The van der Waals surface area contributed by atoms with Crippen LogP contribution >= 0.6 is 23.2 Å². The minimum Gasteiger partial charge on any atom is -0.391 e. The van der Waals surface area contributed by atoms with E-state index in [2.05, 4.69) is 43.3 Å². The van der Waals surface area contributed by atoms with Crippen LogP contribution in [0, 0.1) is 5.92 Å². The van der Waals surface area contributed by atoms with Gasteiger partial charge in [-0.3, -0.25) is 0 Å². The molecule has 0 spiro atoms. The van der Waals surface area contributed by atoms with E-state index in [4.69, 9.17) is 28.0 Å². The van der Waals surface area contributed by atoms with Crippen molar-refractivity contribution in [3.63, 3.8) is 0 Å². The van der Waals surface area contributed by atoms with Gasteiger partial charge in [0.25, 0.3) is 0 Å². The van der Waals surface area contributed by atoms with Crippen LogP contribution in [0.15, 0.2) is 47.6 Å². The van der Waals surface area contributed by atoms with Crippen molar-refractivity contribution in [3.8, 4) is 0 Å². The predicted molar refractivity (Wildman–Crippen MR) is 106 cm³/mol. The van der Waals surface area contributed by atoms with Crippen LogP contribution in [-0.4, -0.2) is 5.71 Å². The molecule has 0 aromatic heterocycles. The summed E-state index contributed by atoms with van der Waals surface area (Å²) in [6.45, 7) is 6.75. The summed E-state index contributed by atoms with van der Waals surface area (Å²) in [4.78, 5) is 5.50. The quantitative estimate of drug-likeness (QED) is 0.401. The standard InChI is InChI=1S/C21H23Cl2NO/c1-13(2)15-7-9-16(10-8-15)18-11-17(18)14(3)24-25-12-19-20(22)5-4-6-21(19)23/h4-10,13,17-18H,11-12H2,1-3H3/b24-14-/t17-,18-/m0/s1. The van der Waals surface area contributed by atoms with Gasteiger partial charge in [0.2, 0.25) is 0 Å². The van der Waals surface area contributed by atoms with E-state index in [1.165, 1.54) is 11.1 Å². The minimum absolute atomic E-state index is 0.288. The van der Waals surface area contributed by atoms with E-state index >= 15 is 0 Å². The highest BCUT2D eigenvalue weighted by Gasteiger charge is 2.40. The van der Waals surface area contributed by atoms with Gasteiger partial charge in [-0.25, -0.2) is 0 Å². The fourth-order valence-electron chi connectivity index (χ4n) is 3.09. The number of benzene rings is 2. The topological polar surface area (TPSA) is 21.6 Å². The van der Waals surface area contributed by atoms with Crippen molar-refractivity contribution in [2.75, 3.05) is 0 Å². The van der Waals surface area contributed by atoms with Gasteiger partial charge in [0.05, 0.1) is 5.71 Å². The zero-order valence-corrected chi connectivity index (χ0v) is 16.3. The number of oxime groups is 1. The highest BCUT2D eigenvalue weighted by atomic mass is 35.5. The van der Waals surface area contributed by atoms with Gasteiger partial charge in [-0.2, -0.15) is 0 Å². The van der Waals surface area contributed by atoms with Crippen LogP contribution in [0.5, 0.6) is 0 Å². The van der Waals surface area contributed by atoms with Crippen molar-refractivity contribution >= 4 is 28.9 Å².